The number of aromatic hydroxyl groups is 1. The van der Waals surface area contributed by atoms with E-state index in [-0.39, 0.29) is 17.0 Å². The maximum Gasteiger partial charge on any atom is 0.358 e. The Morgan fingerprint density at radius 3 is 2.61 bits per heavy atom. The minimum Gasteiger partial charge on any atom is -0.505 e. The summed E-state index contributed by atoms with van der Waals surface area (Å²) < 4.78 is 5.67. The van der Waals surface area contributed by atoms with Gasteiger partial charge in [-0.1, -0.05) is 11.6 Å². The summed E-state index contributed by atoms with van der Waals surface area (Å²) in [6.07, 6.45) is 0. The van der Waals surface area contributed by atoms with Gasteiger partial charge in [0.15, 0.2) is 11.4 Å². The fourth-order valence-corrected chi connectivity index (χ4v) is 1.94. The van der Waals surface area contributed by atoms with Crippen LogP contribution in [0.4, 0.5) is 0 Å². The molecular weight excluding hydrogens is 234 g/mol. The van der Waals surface area contributed by atoms with Crippen molar-refractivity contribution in [3.05, 3.63) is 39.8 Å². The van der Waals surface area contributed by atoms with Crippen molar-refractivity contribution in [2.45, 2.75) is 6.92 Å². The summed E-state index contributed by atoms with van der Waals surface area (Å²) in [7, 11) is 2.63. The van der Waals surface area contributed by atoms with Crippen LogP contribution in [0.2, 0.25) is 0 Å². The summed E-state index contributed by atoms with van der Waals surface area (Å²) in [5.41, 5.74) is 0.408. The number of rotatable bonds is 1. The van der Waals surface area contributed by atoms with Gasteiger partial charge in [-0.25, -0.2) is 4.79 Å². The number of esters is 1. The average molecular weight is 247 g/mol. The lowest BCUT2D eigenvalue weighted by Crippen LogP contribution is -2.24. The molecule has 0 atom stereocenters. The molecule has 0 bridgehead atoms. The Morgan fingerprint density at radius 1 is 1.33 bits per heavy atom. The molecule has 1 aromatic carbocycles. The van der Waals surface area contributed by atoms with Crippen LogP contribution in [0.1, 0.15) is 16.1 Å². The molecule has 94 valence electrons. The monoisotopic (exact) mass is 247 g/mol. The van der Waals surface area contributed by atoms with Crippen molar-refractivity contribution >= 4 is 16.7 Å². The molecule has 0 fully saturated rings. The summed E-state index contributed by atoms with van der Waals surface area (Å²) in [6, 6.07) is 5.08. The van der Waals surface area contributed by atoms with Crippen molar-refractivity contribution in [3.8, 4) is 5.75 Å². The van der Waals surface area contributed by atoms with Crippen LogP contribution in [-0.2, 0) is 11.8 Å². The molecule has 0 aliphatic carbocycles. The zero-order valence-electron chi connectivity index (χ0n) is 10.4. The number of carbonyl (C=O) groups is 1. The predicted molar refractivity (Wildman–Crippen MR) is 66.9 cm³/mol. The molecule has 0 aliphatic heterocycles. The third kappa shape index (κ3) is 1.64. The number of ether oxygens (including phenoxy) is 1. The Balaban J connectivity index is 2.98. The second kappa shape index (κ2) is 4.18. The van der Waals surface area contributed by atoms with Crippen molar-refractivity contribution in [1.29, 1.82) is 0 Å². The van der Waals surface area contributed by atoms with Crippen LogP contribution in [0, 0.1) is 6.92 Å². The Bertz CT molecular complexity index is 700. The molecule has 5 nitrogen and oxygen atoms in total. The van der Waals surface area contributed by atoms with E-state index in [9.17, 15) is 14.7 Å². The lowest BCUT2D eigenvalue weighted by atomic mass is 10.1. The number of nitrogens with zero attached hydrogens (tertiary/aromatic N) is 1. The number of benzene rings is 1. The molecule has 0 aliphatic rings. The van der Waals surface area contributed by atoms with Crippen LogP contribution in [0.15, 0.2) is 23.0 Å². The first-order valence-electron chi connectivity index (χ1n) is 5.38. The van der Waals surface area contributed by atoms with Gasteiger partial charge in [0, 0.05) is 12.4 Å². The van der Waals surface area contributed by atoms with Gasteiger partial charge in [0.25, 0.3) is 5.56 Å². The lowest BCUT2D eigenvalue weighted by molar-refractivity contribution is 0.0585. The highest BCUT2D eigenvalue weighted by atomic mass is 16.5. The molecule has 0 unspecified atom stereocenters. The minimum atomic E-state index is -0.740. The maximum atomic E-state index is 12.1. The molecule has 18 heavy (non-hydrogen) atoms. The second-order valence-electron chi connectivity index (χ2n) is 4.10. The summed E-state index contributed by atoms with van der Waals surface area (Å²) in [5, 5.41) is 10.8. The van der Waals surface area contributed by atoms with Crippen molar-refractivity contribution < 1.29 is 14.6 Å². The van der Waals surface area contributed by atoms with Gasteiger partial charge in [0.1, 0.15) is 0 Å². The highest BCUT2D eigenvalue weighted by Crippen LogP contribution is 2.27. The predicted octanol–water partition coefficient (Wildman–Crippen LogP) is 1.34. The van der Waals surface area contributed by atoms with E-state index >= 15 is 0 Å². The SMILES string of the molecule is COC(=O)c1c(O)c2cc(C)ccc2c(=O)n1C. The maximum absolute atomic E-state index is 12.1. The molecule has 1 heterocycles. The third-order valence-corrected chi connectivity index (χ3v) is 2.90. The van der Waals surface area contributed by atoms with Gasteiger partial charge in [0.05, 0.1) is 12.5 Å². The van der Waals surface area contributed by atoms with Crippen LogP contribution in [0.3, 0.4) is 0 Å². The third-order valence-electron chi connectivity index (χ3n) is 2.90. The highest BCUT2D eigenvalue weighted by molar-refractivity contribution is 5.99. The largest absolute Gasteiger partial charge is 0.505 e. The van der Waals surface area contributed by atoms with E-state index in [0.717, 1.165) is 10.1 Å². The molecule has 1 N–H and O–H groups in total. The van der Waals surface area contributed by atoms with Crippen LogP contribution in [-0.4, -0.2) is 22.8 Å². The Hall–Kier alpha value is -2.30. The summed E-state index contributed by atoms with van der Waals surface area (Å²) >= 11 is 0. The van der Waals surface area contributed by atoms with Crippen LogP contribution < -0.4 is 5.56 Å². The smallest absolute Gasteiger partial charge is 0.358 e. The van der Waals surface area contributed by atoms with Gasteiger partial charge >= 0.3 is 5.97 Å². The van der Waals surface area contributed by atoms with Gasteiger partial charge < -0.3 is 14.4 Å². The molecule has 0 spiro atoms. The summed E-state index contributed by atoms with van der Waals surface area (Å²) in [4.78, 5) is 23.7. The van der Waals surface area contributed by atoms with Gasteiger partial charge in [-0.2, -0.15) is 0 Å². The van der Waals surface area contributed by atoms with Gasteiger partial charge in [-0.15, -0.1) is 0 Å². The molecule has 2 aromatic rings. The van der Waals surface area contributed by atoms with Gasteiger partial charge in [-0.3, -0.25) is 4.79 Å². The summed E-state index contributed by atoms with van der Waals surface area (Å²) in [5.74, 6) is -0.974. The first-order chi connectivity index (χ1) is 8.47. The number of pyridine rings is 1. The number of carbonyl (C=O) groups excluding carboxylic acids is 1. The molecule has 0 saturated heterocycles. The standard InChI is InChI=1S/C13H13NO4/c1-7-4-5-8-9(6-7)11(15)10(13(17)18-3)14(2)12(8)16/h4-6,15H,1-3H3. The Labute approximate surface area is 103 Å². The molecule has 0 saturated carbocycles. The van der Waals surface area contributed by atoms with Crippen LogP contribution in [0.5, 0.6) is 5.75 Å². The van der Waals surface area contributed by atoms with Crippen molar-refractivity contribution in [2.24, 2.45) is 7.05 Å². The first-order valence-corrected chi connectivity index (χ1v) is 5.38. The Kier molecular flexibility index (Phi) is 2.82. The molecule has 1 aromatic heterocycles. The highest BCUT2D eigenvalue weighted by Gasteiger charge is 2.20. The number of aromatic nitrogens is 1. The zero-order chi connectivity index (χ0) is 13.4. The van der Waals surface area contributed by atoms with Crippen LogP contribution in [0.25, 0.3) is 10.8 Å². The molecule has 0 amide bonds. The number of hydrogen-bond acceptors (Lipinski definition) is 4. The normalized spacial score (nSPS) is 10.6. The summed E-state index contributed by atoms with van der Waals surface area (Å²) in [6.45, 7) is 1.84. The quantitative estimate of drug-likeness (QED) is 0.772. The van der Waals surface area contributed by atoms with Gasteiger partial charge in [-0.05, 0) is 19.1 Å². The minimum absolute atomic E-state index is 0.138. The lowest BCUT2D eigenvalue weighted by Gasteiger charge is -2.11. The zero-order valence-corrected chi connectivity index (χ0v) is 10.4. The van der Waals surface area contributed by atoms with E-state index < -0.39 is 5.97 Å². The molecule has 5 heteroatoms. The van der Waals surface area contributed by atoms with E-state index in [2.05, 4.69) is 4.74 Å². The number of aryl methyl sites for hydroxylation is 1. The average Bonchev–Trinajstić information content (AvgIpc) is 2.36. The van der Waals surface area contributed by atoms with Crippen molar-refractivity contribution in [1.82, 2.24) is 4.57 Å². The number of fused-ring (bicyclic) bond motifs is 1. The first kappa shape index (κ1) is 12.2. The molecular formula is C13H13NO4. The van der Waals surface area contributed by atoms with Crippen LogP contribution >= 0.6 is 0 Å². The van der Waals surface area contributed by atoms with E-state index in [1.54, 1.807) is 18.2 Å². The fraction of sp³-hybridized carbons (Fsp3) is 0.231. The van der Waals surface area contributed by atoms with E-state index in [1.165, 1.54) is 14.2 Å². The molecule has 2 rings (SSSR count). The van der Waals surface area contributed by atoms with Gasteiger partial charge in [0.2, 0.25) is 0 Å². The molecule has 0 radical (unpaired) electrons. The van der Waals surface area contributed by atoms with E-state index in [0.29, 0.717) is 10.8 Å². The fourth-order valence-electron chi connectivity index (χ4n) is 1.94. The second-order valence-corrected chi connectivity index (χ2v) is 4.10. The number of methoxy groups -OCH3 is 1. The van der Waals surface area contributed by atoms with Crippen molar-refractivity contribution in [2.75, 3.05) is 7.11 Å². The van der Waals surface area contributed by atoms with Crippen molar-refractivity contribution in [3.63, 3.8) is 0 Å². The number of hydrogen-bond donors (Lipinski definition) is 1. The van der Waals surface area contributed by atoms with E-state index in [1.807, 2.05) is 6.92 Å². The topological polar surface area (TPSA) is 68.5 Å². The van der Waals surface area contributed by atoms with E-state index in [4.69, 9.17) is 0 Å². The Morgan fingerprint density at radius 2 is 2.00 bits per heavy atom.